The summed E-state index contributed by atoms with van der Waals surface area (Å²) in [5.74, 6) is 0.234. The van der Waals surface area contributed by atoms with Gasteiger partial charge in [-0.2, -0.15) is 0 Å². The van der Waals surface area contributed by atoms with Crippen molar-refractivity contribution < 1.29 is 17.9 Å². The molecule has 6 nitrogen and oxygen atoms in total. The van der Waals surface area contributed by atoms with Crippen molar-refractivity contribution in [2.24, 2.45) is 0 Å². The van der Waals surface area contributed by atoms with Crippen LogP contribution < -0.4 is 14.8 Å². The molecule has 27 heavy (non-hydrogen) atoms. The summed E-state index contributed by atoms with van der Waals surface area (Å²) < 4.78 is 33.1. The molecule has 2 N–H and O–H groups in total. The third-order valence-electron chi connectivity index (χ3n) is 3.52. The number of aryl methyl sites for hydroxylation is 1. The zero-order valence-electron chi connectivity index (χ0n) is 16.2. The second-order valence-corrected chi connectivity index (χ2v) is 9.13. The Hall–Kier alpha value is -2.38. The molecular formula is C20H26N2O4S. The minimum atomic E-state index is -3.68. The zero-order chi connectivity index (χ0) is 20.2. The smallest absolute Gasteiger partial charge is 0.265 e. The van der Waals surface area contributed by atoms with Crippen molar-refractivity contribution in [1.29, 1.82) is 0 Å². The highest BCUT2D eigenvalue weighted by Crippen LogP contribution is 2.19. The van der Waals surface area contributed by atoms with Gasteiger partial charge in [0.2, 0.25) is 10.0 Å². The maximum Gasteiger partial charge on any atom is 0.265 e. The van der Waals surface area contributed by atoms with Crippen molar-refractivity contribution >= 4 is 21.6 Å². The quantitative estimate of drug-likeness (QED) is 0.791. The molecule has 2 aromatic carbocycles. The predicted octanol–water partition coefficient (Wildman–Crippen LogP) is 3.48. The van der Waals surface area contributed by atoms with Crippen molar-refractivity contribution in [1.82, 2.24) is 4.72 Å². The molecule has 146 valence electrons. The molecule has 2 rings (SSSR count). The van der Waals surface area contributed by atoms with Crippen LogP contribution in [0, 0.1) is 6.92 Å². The van der Waals surface area contributed by atoms with Crippen LogP contribution in [0.5, 0.6) is 5.75 Å². The number of amides is 1. The van der Waals surface area contributed by atoms with E-state index in [9.17, 15) is 13.2 Å². The lowest BCUT2D eigenvalue weighted by atomic mass is 10.1. The summed E-state index contributed by atoms with van der Waals surface area (Å²) in [6.45, 7) is 8.87. The normalized spacial score (nSPS) is 13.1. The molecule has 0 heterocycles. The average molecular weight is 391 g/mol. The van der Waals surface area contributed by atoms with Gasteiger partial charge < -0.3 is 10.1 Å². The molecule has 1 amide bonds. The third kappa shape index (κ3) is 6.37. The Balaban J connectivity index is 2.10. The molecule has 0 aliphatic carbocycles. The molecule has 0 aliphatic heterocycles. The minimum absolute atomic E-state index is 0.0856. The Bertz CT molecular complexity index is 918. The number of sulfonamides is 1. The number of hydrogen-bond donors (Lipinski definition) is 2. The van der Waals surface area contributed by atoms with Crippen molar-refractivity contribution in [2.45, 2.75) is 51.2 Å². The lowest BCUT2D eigenvalue weighted by Crippen LogP contribution is -2.40. The fraction of sp³-hybridized carbons (Fsp3) is 0.350. The van der Waals surface area contributed by atoms with Crippen molar-refractivity contribution in [3.63, 3.8) is 0 Å². The Morgan fingerprint density at radius 3 is 2.37 bits per heavy atom. The first kappa shape index (κ1) is 20.9. The molecule has 2 aromatic rings. The van der Waals surface area contributed by atoms with E-state index in [-0.39, 0.29) is 10.8 Å². The van der Waals surface area contributed by atoms with E-state index in [1.165, 1.54) is 12.1 Å². The van der Waals surface area contributed by atoms with Crippen molar-refractivity contribution in [3.8, 4) is 5.75 Å². The highest BCUT2D eigenvalue weighted by molar-refractivity contribution is 7.89. The van der Waals surface area contributed by atoms with Gasteiger partial charge in [0.05, 0.1) is 4.90 Å². The van der Waals surface area contributed by atoms with E-state index in [1.54, 1.807) is 45.9 Å². The van der Waals surface area contributed by atoms with Gasteiger partial charge in [-0.1, -0.05) is 18.2 Å². The highest BCUT2D eigenvalue weighted by Gasteiger charge is 2.22. The molecular weight excluding hydrogens is 364 g/mol. The Morgan fingerprint density at radius 2 is 1.74 bits per heavy atom. The van der Waals surface area contributed by atoms with Gasteiger partial charge in [0.15, 0.2) is 6.10 Å². The summed E-state index contributed by atoms with van der Waals surface area (Å²) in [5, 5.41) is 2.70. The number of benzene rings is 2. The molecule has 0 fully saturated rings. The molecule has 0 saturated carbocycles. The van der Waals surface area contributed by atoms with Crippen LogP contribution in [0.2, 0.25) is 0 Å². The van der Waals surface area contributed by atoms with E-state index in [1.807, 2.05) is 25.1 Å². The Morgan fingerprint density at radius 1 is 1.07 bits per heavy atom. The van der Waals surface area contributed by atoms with Crippen LogP contribution in [-0.2, 0) is 14.8 Å². The lowest BCUT2D eigenvalue weighted by molar-refractivity contribution is -0.122. The second kappa shape index (κ2) is 8.10. The SMILES string of the molecule is Cc1cccc(O[C@@H](C)C(=O)Nc2cccc(S(=O)(=O)NC(C)(C)C)c2)c1. The standard InChI is InChI=1S/C20H26N2O4S/c1-14-8-6-10-17(12-14)26-15(2)19(23)21-16-9-7-11-18(13-16)27(24,25)22-20(3,4)5/h6-13,15,22H,1-5H3,(H,21,23)/t15-/m0/s1. The van der Waals surface area contributed by atoms with E-state index < -0.39 is 21.7 Å². The van der Waals surface area contributed by atoms with Crippen LogP contribution in [0.25, 0.3) is 0 Å². The van der Waals surface area contributed by atoms with E-state index in [0.717, 1.165) is 5.56 Å². The van der Waals surface area contributed by atoms with Gasteiger partial charge in [0, 0.05) is 11.2 Å². The van der Waals surface area contributed by atoms with Crippen molar-refractivity contribution in [2.75, 3.05) is 5.32 Å². The maximum atomic E-state index is 12.4. The summed E-state index contributed by atoms with van der Waals surface area (Å²) in [7, 11) is -3.68. The van der Waals surface area contributed by atoms with Crippen LogP contribution in [-0.4, -0.2) is 26.0 Å². The van der Waals surface area contributed by atoms with Gasteiger partial charge in [-0.3, -0.25) is 4.79 Å². The van der Waals surface area contributed by atoms with Crippen molar-refractivity contribution in [3.05, 3.63) is 54.1 Å². The lowest BCUT2D eigenvalue weighted by Gasteiger charge is -2.20. The van der Waals surface area contributed by atoms with Gasteiger partial charge in [0.25, 0.3) is 5.91 Å². The fourth-order valence-electron chi connectivity index (χ4n) is 2.39. The monoisotopic (exact) mass is 390 g/mol. The molecule has 0 saturated heterocycles. The highest BCUT2D eigenvalue weighted by atomic mass is 32.2. The number of ether oxygens (including phenoxy) is 1. The Labute approximate surface area is 161 Å². The van der Waals surface area contributed by atoms with E-state index >= 15 is 0 Å². The predicted molar refractivity (Wildman–Crippen MR) is 106 cm³/mol. The number of carbonyl (C=O) groups excluding carboxylic acids is 1. The summed E-state index contributed by atoms with van der Waals surface area (Å²) >= 11 is 0. The molecule has 0 radical (unpaired) electrons. The van der Waals surface area contributed by atoms with Crippen LogP contribution in [0.15, 0.2) is 53.4 Å². The first-order chi connectivity index (χ1) is 12.5. The van der Waals surface area contributed by atoms with Gasteiger partial charge in [-0.25, -0.2) is 13.1 Å². The van der Waals surface area contributed by atoms with Gasteiger partial charge >= 0.3 is 0 Å². The number of rotatable bonds is 6. The van der Waals surface area contributed by atoms with E-state index in [4.69, 9.17) is 4.74 Å². The van der Waals surface area contributed by atoms with E-state index in [2.05, 4.69) is 10.0 Å². The third-order valence-corrected chi connectivity index (χ3v) is 5.28. The van der Waals surface area contributed by atoms with Crippen LogP contribution in [0.4, 0.5) is 5.69 Å². The van der Waals surface area contributed by atoms with E-state index in [0.29, 0.717) is 11.4 Å². The first-order valence-corrected chi connectivity index (χ1v) is 10.1. The summed E-state index contributed by atoms with van der Waals surface area (Å²) in [4.78, 5) is 12.5. The first-order valence-electron chi connectivity index (χ1n) is 8.64. The molecule has 0 spiro atoms. The summed E-state index contributed by atoms with van der Waals surface area (Å²) in [6, 6.07) is 13.5. The molecule has 0 aliphatic rings. The van der Waals surface area contributed by atoms with Crippen LogP contribution in [0.1, 0.15) is 33.3 Å². The molecule has 0 bridgehead atoms. The topological polar surface area (TPSA) is 84.5 Å². The van der Waals surface area contributed by atoms with Gasteiger partial charge in [0.1, 0.15) is 5.75 Å². The van der Waals surface area contributed by atoms with Crippen LogP contribution in [0.3, 0.4) is 0 Å². The number of hydrogen-bond acceptors (Lipinski definition) is 4. The van der Waals surface area contributed by atoms with Gasteiger partial charge in [-0.05, 0) is 70.5 Å². The number of nitrogens with one attached hydrogen (secondary N) is 2. The average Bonchev–Trinajstić information content (AvgIpc) is 2.53. The minimum Gasteiger partial charge on any atom is -0.481 e. The summed E-state index contributed by atoms with van der Waals surface area (Å²) in [5.41, 5.74) is 0.815. The maximum absolute atomic E-state index is 12.4. The summed E-state index contributed by atoms with van der Waals surface area (Å²) in [6.07, 6.45) is -0.736. The zero-order valence-corrected chi connectivity index (χ0v) is 17.1. The Kier molecular flexibility index (Phi) is 6.28. The molecule has 0 aromatic heterocycles. The molecule has 7 heteroatoms. The second-order valence-electron chi connectivity index (χ2n) is 7.45. The molecule has 0 unspecified atom stereocenters. The molecule has 1 atom stereocenters. The van der Waals surface area contributed by atoms with Gasteiger partial charge in [-0.15, -0.1) is 0 Å². The largest absolute Gasteiger partial charge is 0.481 e. The fourth-order valence-corrected chi connectivity index (χ4v) is 3.86. The number of anilines is 1. The number of carbonyl (C=O) groups is 1. The van der Waals surface area contributed by atoms with Crippen LogP contribution >= 0.6 is 0 Å².